The minimum atomic E-state index is 0.0660. The van der Waals surface area contributed by atoms with E-state index in [0.29, 0.717) is 11.8 Å². The van der Waals surface area contributed by atoms with E-state index in [1.54, 1.807) is 0 Å². The largest absolute Gasteiger partial charge is 0.394 e. The van der Waals surface area contributed by atoms with Crippen LogP contribution in [0, 0.1) is 0 Å². The van der Waals surface area contributed by atoms with Gasteiger partial charge in [-0.1, -0.05) is 35.9 Å². The Hall–Kier alpha value is -1.36. The molecule has 1 fully saturated rings. The molecular weight excluding hydrogens is 288 g/mol. The maximum atomic E-state index is 8.87. The van der Waals surface area contributed by atoms with Crippen molar-refractivity contribution in [2.75, 3.05) is 31.2 Å². The van der Waals surface area contributed by atoms with Gasteiger partial charge in [-0.25, -0.2) is 4.98 Å². The summed E-state index contributed by atoms with van der Waals surface area (Å²) in [5, 5.41) is 11.5. The molecule has 1 saturated heterocycles. The number of aliphatic hydroxyl groups is 1. The van der Waals surface area contributed by atoms with Gasteiger partial charge in [-0.15, -0.1) is 0 Å². The standard InChI is InChI=1S/C16H19ClN2O2/c17-16-14-6-2-1-4-12(14)10-15(18-16)19-7-3-5-13(11-19)21-9-8-20/h1-2,4,6,10,13,20H,3,5,7-9,11H2. The van der Waals surface area contributed by atoms with Crippen LogP contribution in [0.4, 0.5) is 5.82 Å². The van der Waals surface area contributed by atoms with Crippen LogP contribution in [0.25, 0.3) is 10.8 Å². The third kappa shape index (κ3) is 3.28. The zero-order valence-corrected chi connectivity index (χ0v) is 12.6. The molecule has 3 rings (SSSR count). The molecule has 0 radical (unpaired) electrons. The van der Waals surface area contributed by atoms with Gasteiger partial charge in [0, 0.05) is 18.5 Å². The van der Waals surface area contributed by atoms with E-state index in [4.69, 9.17) is 21.4 Å². The molecule has 5 heteroatoms. The Bertz CT molecular complexity index is 620. The van der Waals surface area contributed by atoms with Crippen LogP contribution in [0.1, 0.15) is 12.8 Å². The van der Waals surface area contributed by atoms with Crippen molar-refractivity contribution >= 4 is 28.2 Å². The van der Waals surface area contributed by atoms with E-state index >= 15 is 0 Å². The van der Waals surface area contributed by atoms with Crippen molar-refractivity contribution in [3.8, 4) is 0 Å². The van der Waals surface area contributed by atoms with E-state index in [2.05, 4.69) is 22.0 Å². The van der Waals surface area contributed by atoms with Gasteiger partial charge < -0.3 is 14.7 Å². The second-order valence-corrected chi connectivity index (χ2v) is 5.66. The van der Waals surface area contributed by atoms with Crippen molar-refractivity contribution in [2.45, 2.75) is 18.9 Å². The predicted octanol–water partition coefficient (Wildman–Crippen LogP) is 2.87. The summed E-state index contributed by atoms with van der Waals surface area (Å²) in [6, 6.07) is 10.1. The third-order valence-electron chi connectivity index (χ3n) is 3.83. The van der Waals surface area contributed by atoms with Crippen molar-refractivity contribution in [3.63, 3.8) is 0 Å². The number of nitrogens with zero attached hydrogens (tertiary/aromatic N) is 2. The van der Waals surface area contributed by atoms with E-state index in [-0.39, 0.29) is 12.7 Å². The molecule has 1 aromatic heterocycles. The fourth-order valence-corrected chi connectivity index (χ4v) is 3.07. The lowest BCUT2D eigenvalue weighted by Crippen LogP contribution is -2.40. The van der Waals surface area contributed by atoms with Gasteiger partial charge in [-0.3, -0.25) is 0 Å². The highest BCUT2D eigenvalue weighted by Crippen LogP contribution is 2.28. The predicted molar refractivity (Wildman–Crippen MR) is 85.0 cm³/mol. The third-order valence-corrected chi connectivity index (χ3v) is 4.12. The second kappa shape index (κ2) is 6.60. The van der Waals surface area contributed by atoms with Crippen molar-refractivity contribution in [3.05, 3.63) is 35.5 Å². The van der Waals surface area contributed by atoms with Crippen LogP contribution in [0.5, 0.6) is 0 Å². The lowest BCUT2D eigenvalue weighted by Gasteiger charge is -2.33. The fourth-order valence-electron chi connectivity index (χ4n) is 2.81. The van der Waals surface area contributed by atoms with Crippen LogP contribution in [-0.2, 0) is 4.74 Å². The van der Waals surface area contributed by atoms with Crippen molar-refractivity contribution in [1.82, 2.24) is 4.98 Å². The maximum Gasteiger partial charge on any atom is 0.139 e. The summed E-state index contributed by atoms with van der Waals surface area (Å²) in [5.74, 6) is 0.899. The fraction of sp³-hybridized carbons (Fsp3) is 0.438. The quantitative estimate of drug-likeness (QED) is 0.882. The van der Waals surface area contributed by atoms with Gasteiger partial charge in [-0.05, 0) is 24.3 Å². The first-order valence-corrected chi connectivity index (χ1v) is 7.68. The van der Waals surface area contributed by atoms with Gasteiger partial charge in [0.15, 0.2) is 0 Å². The number of fused-ring (bicyclic) bond motifs is 1. The molecule has 1 aliphatic rings. The summed E-state index contributed by atoms with van der Waals surface area (Å²) < 4.78 is 5.65. The van der Waals surface area contributed by atoms with Gasteiger partial charge in [0.1, 0.15) is 11.0 Å². The molecule has 0 aliphatic carbocycles. The molecule has 21 heavy (non-hydrogen) atoms. The highest BCUT2D eigenvalue weighted by molar-refractivity contribution is 6.34. The number of pyridine rings is 1. The number of anilines is 1. The molecule has 2 heterocycles. The van der Waals surface area contributed by atoms with Crippen LogP contribution in [0.2, 0.25) is 5.15 Å². The van der Waals surface area contributed by atoms with Gasteiger partial charge in [0.2, 0.25) is 0 Å². The first kappa shape index (κ1) is 14.6. The zero-order valence-electron chi connectivity index (χ0n) is 11.8. The Morgan fingerprint density at radius 2 is 2.24 bits per heavy atom. The molecule has 4 nitrogen and oxygen atoms in total. The molecular formula is C16H19ClN2O2. The van der Waals surface area contributed by atoms with Crippen molar-refractivity contribution in [2.24, 2.45) is 0 Å². The monoisotopic (exact) mass is 306 g/mol. The average molecular weight is 307 g/mol. The first-order valence-electron chi connectivity index (χ1n) is 7.30. The molecule has 0 saturated carbocycles. The van der Waals surface area contributed by atoms with E-state index in [9.17, 15) is 0 Å². The Kier molecular flexibility index (Phi) is 4.58. The number of benzene rings is 1. The number of piperidine rings is 1. The highest BCUT2D eigenvalue weighted by Gasteiger charge is 2.22. The van der Waals surface area contributed by atoms with E-state index < -0.39 is 0 Å². The number of hydrogen-bond acceptors (Lipinski definition) is 4. The Morgan fingerprint density at radius 3 is 3.10 bits per heavy atom. The molecule has 112 valence electrons. The van der Waals surface area contributed by atoms with E-state index in [1.165, 1.54) is 0 Å². The van der Waals surface area contributed by atoms with Gasteiger partial charge >= 0.3 is 0 Å². The number of ether oxygens (including phenoxy) is 1. The molecule has 1 aliphatic heterocycles. The lowest BCUT2D eigenvalue weighted by molar-refractivity contribution is 0.0213. The number of hydrogen-bond donors (Lipinski definition) is 1. The SMILES string of the molecule is OCCOC1CCCN(c2cc3ccccc3c(Cl)n2)C1. The molecule has 1 unspecified atom stereocenters. The maximum absolute atomic E-state index is 8.87. The van der Waals surface area contributed by atoms with Crippen molar-refractivity contribution in [1.29, 1.82) is 0 Å². The highest BCUT2D eigenvalue weighted by atomic mass is 35.5. The minimum Gasteiger partial charge on any atom is -0.394 e. The molecule has 1 aromatic carbocycles. The topological polar surface area (TPSA) is 45.6 Å². The summed E-state index contributed by atoms with van der Waals surface area (Å²) in [7, 11) is 0. The molecule has 0 spiro atoms. The van der Waals surface area contributed by atoms with Crippen LogP contribution in [0.15, 0.2) is 30.3 Å². The van der Waals surface area contributed by atoms with Crippen LogP contribution < -0.4 is 4.90 Å². The summed E-state index contributed by atoms with van der Waals surface area (Å²) in [5.41, 5.74) is 0. The van der Waals surface area contributed by atoms with Crippen LogP contribution in [-0.4, -0.2) is 42.5 Å². The molecule has 0 amide bonds. The normalized spacial score (nSPS) is 19.1. The van der Waals surface area contributed by atoms with E-state index in [1.807, 2.05) is 18.2 Å². The molecule has 0 bridgehead atoms. The smallest absolute Gasteiger partial charge is 0.139 e. The minimum absolute atomic E-state index is 0.0660. The first-order chi connectivity index (χ1) is 10.3. The van der Waals surface area contributed by atoms with Gasteiger partial charge in [0.05, 0.1) is 19.3 Å². The number of aliphatic hydroxyl groups excluding tert-OH is 1. The molecule has 1 N–H and O–H groups in total. The summed E-state index contributed by atoms with van der Waals surface area (Å²) >= 11 is 6.30. The summed E-state index contributed by atoms with van der Waals surface area (Å²) in [4.78, 5) is 6.74. The number of halogens is 1. The number of rotatable bonds is 4. The van der Waals surface area contributed by atoms with Gasteiger partial charge in [-0.2, -0.15) is 0 Å². The molecule has 2 aromatic rings. The van der Waals surface area contributed by atoms with Crippen LogP contribution >= 0.6 is 11.6 Å². The average Bonchev–Trinajstić information content (AvgIpc) is 2.53. The van der Waals surface area contributed by atoms with E-state index in [0.717, 1.165) is 42.5 Å². The summed E-state index contributed by atoms with van der Waals surface area (Å²) in [6.45, 7) is 2.21. The summed E-state index contributed by atoms with van der Waals surface area (Å²) in [6.07, 6.45) is 2.23. The number of aromatic nitrogens is 1. The van der Waals surface area contributed by atoms with Crippen molar-refractivity contribution < 1.29 is 9.84 Å². The zero-order chi connectivity index (χ0) is 14.7. The van der Waals surface area contributed by atoms with Gasteiger partial charge in [0.25, 0.3) is 0 Å². The van der Waals surface area contributed by atoms with Crippen LogP contribution in [0.3, 0.4) is 0 Å². The molecule has 1 atom stereocenters. The Morgan fingerprint density at radius 1 is 1.38 bits per heavy atom. The Balaban J connectivity index is 1.82. The second-order valence-electron chi connectivity index (χ2n) is 5.30. The lowest BCUT2D eigenvalue weighted by atomic mass is 10.1. The Labute approximate surface area is 129 Å².